The number of amides is 1. The van der Waals surface area contributed by atoms with E-state index in [1.54, 1.807) is 0 Å². The molecule has 3 aromatic rings. The third kappa shape index (κ3) is 4.86. The first-order chi connectivity index (χ1) is 13.2. The number of benzene rings is 3. The summed E-state index contributed by atoms with van der Waals surface area (Å²) in [6.45, 7) is 3.03. The lowest BCUT2D eigenvalue weighted by atomic mass is 10.0. The summed E-state index contributed by atoms with van der Waals surface area (Å²) < 4.78 is 6.13. The van der Waals surface area contributed by atoms with Crippen molar-refractivity contribution in [3.8, 4) is 11.8 Å². The maximum Gasteiger partial charge on any atom is 0.234 e. The average molecular weight is 358 g/mol. The zero-order chi connectivity index (χ0) is 19.1. The van der Waals surface area contributed by atoms with Crippen molar-refractivity contribution in [1.82, 2.24) is 5.32 Å². The molecule has 0 atom stereocenters. The van der Waals surface area contributed by atoms with Crippen LogP contribution in [-0.4, -0.2) is 12.5 Å². The van der Waals surface area contributed by atoms with Gasteiger partial charge < -0.3 is 10.1 Å². The number of fused-ring (bicyclic) bond motifs is 1. The van der Waals surface area contributed by atoms with Crippen molar-refractivity contribution < 1.29 is 9.53 Å². The minimum atomic E-state index is -0.250. The molecule has 0 saturated carbocycles. The van der Waals surface area contributed by atoms with Gasteiger partial charge in [0.2, 0.25) is 5.91 Å². The van der Waals surface area contributed by atoms with Crippen LogP contribution in [0.3, 0.4) is 0 Å². The first-order valence-corrected chi connectivity index (χ1v) is 9.00. The van der Waals surface area contributed by atoms with Crippen molar-refractivity contribution in [1.29, 1.82) is 5.26 Å². The van der Waals surface area contributed by atoms with E-state index >= 15 is 0 Å². The molecular formula is C23H22N2O2. The molecule has 0 fully saturated rings. The predicted octanol–water partition coefficient (Wildman–Crippen LogP) is 4.30. The summed E-state index contributed by atoms with van der Waals surface area (Å²) in [5.74, 6) is 0.574. The van der Waals surface area contributed by atoms with E-state index in [0.29, 0.717) is 19.6 Å². The molecule has 4 nitrogen and oxygen atoms in total. The van der Waals surface area contributed by atoms with E-state index in [1.165, 1.54) is 5.56 Å². The molecule has 27 heavy (non-hydrogen) atoms. The third-order valence-electron chi connectivity index (χ3n) is 4.41. The maximum atomic E-state index is 11.6. The van der Waals surface area contributed by atoms with E-state index in [2.05, 4.69) is 48.6 Å². The Labute approximate surface area is 159 Å². The molecule has 0 spiro atoms. The van der Waals surface area contributed by atoms with E-state index < -0.39 is 0 Å². The van der Waals surface area contributed by atoms with E-state index in [-0.39, 0.29) is 12.3 Å². The van der Waals surface area contributed by atoms with Crippen LogP contribution in [0.1, 0.15) is 23.1 Å². The smallest absolute Gasteiger partial charge is 0.234 e. The highest BCUT2D eigenvalue weighted by Gasteiger charge is 2.10. The van der Waals surface area contributed by atoms with Crippen molar-refractivity contribution in [2.45, 2.75) is 26.4 Å². The Morgan fingerprint density at radius 1 is 1.11 bits per heavy atom. The number of hydrogen-bond donors (Lipinski definition) is 1. The van der Waals surface area contributed by atoms with E-state index in [9.17, 15) is 4.79 Å². The minimum Gasteiger partial charge on any atom is -0.489 e. The number of nitriles is 1. The number of ether oxygens (including phenoxy) is 1. The van der Waals surface area contributed by atoms with Gasteiger partial charge in [-0.15, -0.1) is 0 Å². The fraction of sp³-hybridized carbons (Fsp3) is 0.217. The highest BCUT2D eigenvalue weighted by atomic mass is 16.5. The normalized spacial score (nSPS) is 10.4. The van der Waals surface area contributed by atoms with Crippen molar-refractivity contribution in [2.24, 2.45) is 0 Å². The molecule has 0 aliphatic carbocycles. The number of carbonyl (C=O) groups excluding carboxylic acids is 1. The Morgan fingerprint density at radius 2 is 1.96 bits per heavy atom. The quantitative estimate of drug-likeness (QED) is 0.685. The Bertz CT molecular complexity index is 989. The Hall–Kier alpha value is -3.32. The molecule has 1 amide bonds. The average Bonchev–Trinajstić information content (AvgIpc) is 2.67. The van der Waals surface area contributed by atoms with Crippen molar-refractivity contribution in [2.75, 3.05) is 6.54 Å². The topological polar surface area (TPSA) is 62.1 Å². The van der Waals surface area contributed by atoms with Crippen LogP contribution in [0.25, 0.3) is 10.8 Å². The standard InChI is InChI=1S/C23H22N2O2/c1-17-5-4-6-18(15-17)16-27-22-10-9-19-7-2-3-8-20(19)21(22)12-14-25-23(26)11-13-24/h2-10,15H,11-12,14,16H2,1H3,(H,25,26). The van der Waals surface area contributed by atoms with Gasteiger partial charge in [0.25, 0.3) is 0 Å². The molecule has 1 N–H and O–H groups in total. The molecule has 0 aliphatic heterocycles. The van der Waals surface area contributed by atoms with Gasteiger partial charge >= 0.3 is 0 Å². The summed E-state index contributed by atoms with van der Waals surface area (Å²) in [4.78, 5) is 11.6. The fourth-order valence-electron chi connectivity index (χ4n) is 3.13. The number of rotatable bonds is 7. The second-order valence-electron chi connectivity index (χ2n) is 6.48. The van der Waals surface area contributed by atoms with E-state index in [0.717, 1.165) is 27.6 Å². The molecule has 3 aromatic carbocycles. The number of nitrogens with zero attached hydrogens (tertiary/aromatic N) is 1. The lowest BCUT2D eigenvalue weighted by molar-refractivity contribution is -0.120. The fourth-order valence-corrected chi connectivity index (χ4v) is 3.13. The Kier molecular flexibility index (Phi) is 6.06. The van der Waals surface area contributed by atoms with E-state index in [4.69, 9.17) is 10.00 Å². The summed E-state index contributed by atoms with van der Waals surface area (Å²) in [5.41, 5.74) is 3.39. The first kappa shape index (κ1) is 18.5. The van der Waals surface area contributed by atoms with Gasteiger partial charge in [0.15, 0.2) is 0 Å². The van der Waals surface area contributed by atoms with E-state index in [1.807, 2.05) is 30.3 Å². The summed E-state index contributed by atoms with van der Waals surface area (Å²) in [6.07, 6.45) is 0.522. The second-order valence-corrected chi connectivity index (χ2v) is 6.48. The first-order valence-electron chi connectivity index (χ1n) is 9.00. The number of aryl methyl sites for hydroxylation is 1. The molecule has 0 unspecified atom stereocenters. The molecule has 0 aromatic heterocycles. The summed E-state index contributed by atoms with van der Waals surface area (Å²) in [5, 5.41) is 13.7. The molecule has 0 aliphatic rings. The molecule has 136 valence electrons. The van der Waals surface area contributed by atoms with Crippen molar-refractivity contribution in [3.05, 3.63) is 77.4 Å². The molecule has 0 saturated heterocycles. The summed E-state index contributed by atoms with van der Waals surface area (Å²) >= 11 is 0. The van der Waals surface area contributed by atoms with Gasteiger partial charge in [0.05, 0.1) is 6.07 Å². The SMILES string of the molecule is Cc1cccc(COc2ccc3ccccc3c2CCNC(=O)CC#N)c1. The van der Waals surface area contributed by atoms with Gasteiger partial charge in [-0.2, -0.15) is 5.26 Å². The zero-order valence-electron chi connectivity index (χ0n) is 15.4. The molecule has 0 bridgehead atoms. The lowest BCUT2D eigenvalue weighted by Gasteiger charge is -2.15. The molecule has 0 heterocycles. The highest BCUT2D eigenvalue weighted by molar-refractivity contribution is 5.88. The summed E-state index contributed by atoms with van der Waals surface area (Å²) in [7, 11) is 0. The predicted molar refractivity (Wildman–Crippen MR) is 106 cm³/mol. The van der Waals surface area contributed by atoms with Crippen LogP contribution in [0.2, 0.25) is 0 Å². The number of hydrogen-bond acceptors (Lipinski definition) is 3. The highest BCUT2D eigenvalue weighted by Crippen LogP contribution is 2.29. The van der Waals surface area contributed by atoms with Crippen LogP contribution in [0, 0.1) is 18.3 Å². The van der Waals surface area contributed by atoms with Crippen LogP contribution in [-0.2, 0) is 17.8 Å². The second kappa shape index (κ2) is 8.86. The molecular weight excluding hydrogens is 336 g/mol. The molecule has 0 radical (unpaired) electrons. The van der Waals surface area contributed by atoms with Gasteiger partial charge in [-0.1, -0.05) is 60.2 Å². The summed E-state index contributed by atoms with van der Waals surface area (Å²) in [6, 6.07) is 22.3. The monoisotopic (exact) mass is 358 g/mol. The molecule has 4 heteroatoms. The largest absolute Gasteiger partial charge is 0.489 e. The van der Waals surface area contributed by atoms with Gasteiger partial charge in [0, 0.05) is 12.1 Å². The lowest BCUT2D eigenvalue weighted by Crippen LogP contribution is -2.25. The maximum absolute atomic E-state index is 11.6. The number of carbonyl (C=O) groups is 1. The van der Waals surface area contributed by atoms with Crippen LogP contribution >= 0.6 is 0 Å². The van der Waals surface area contributed by atoms with Gasteiger partial charge in [0.1, 0.15) is 18.8 Å². The van der Waals surface area contributed by atoms with Gasteiger partial charge in [-0.3, -0.25) is 4.79 Å². The van der Waals surface area contributed by atoms with Crippen molar-refractivity contribution >= 4 is 16.7 Å². The van der Waals surface area contributed by atoms with Crippen LogP contribution in [0.15, 0.2) is 60.7 Å². The Morgan fingerprint density at radius 3 is 2.78 bits per heavy atom. The van der Waals surface area contributed by atoms with Crippen molar-refractivity contribution in [3.63, 3.8) is 0 Å². The van der Waals surface area contributed by atoms with Crippen LogP contribution in [0.5, 0.6) is 5.75 Å². The van der Waals surface area contributed by atoms with Gasteiger partial charge in [-0.25, -0.2) is 0 Å². The minimum absolute atomic E-state index is 0.119. The van der Waals surface area contributed by atoms with Crippen LogP contribution < -0.4 is 10.1 Å². The third-order valence-corrected chi connectivity index (χ3v) is 4.41. The Balaban J connectivity index is 1.80. The zero-order valence-corrected chi connectivity index (χ0v) is 15.4. The molecule has 3 rings (SSSR count). The van der Waals surface area contributed by atoms with Gasteiger partial charge in [-0.05, 0) is 35.7 Å². The number of nitrogens with one attached hydrogen (secondary N) is 1. The van der Waals surface area contributed by atoms with Crippen LogP contribution in [0.4, 0.5) is 0 Å².